The Morgan fingerprint density at radius 3 is 2.56 bits per heavy atom. The van der Waals surface area contributed by atoms with Crippen molar-refractivity contribution in [3.8, 4) is 5.75 Å². The number of nitrogens with one attached hydrogen (secondary N) is 2. The Labute approximate surface area is 171 Å². The van der Waals surface area contributed by atoms with Gasteiger partial charge in [0.1, 0.15) is 5.75 Å². The third-order valence-electron chi connectivity index (χ3n) is 5.05. The largest absolute Gasteiger partial charge is 0.497 e. The second-order valence-corrected chi connectivity index (χ2v) is 7.59. The molecule has 0 radical (unpaired) electrons. The lowest BCUT2D eigenvalue weighted by Gasteiger charge is -2.29. The molecule has 2 aromatic carbocycles. The highest BCUT2D eigenvalue weighted by Crippen LogP contribution is 2.26. The molecule has 1 aliphatic rings. The molecule has 4 nitrogen and oxygen atoms in total. The van der Waals surface area contributed by atoms with Crippen LogP contribution < -0.4 is 15.4 Å². The summed E-state index contributed by atoms with van der Waals surface area (Å²) in [6.07, 6.45) is 2.49. The third-order valence-corrected chi connectivity index (χ3v) is 5.71. The average Bonchev–Trinajstić information content (AvgIpc) is 3.20. The molecule has 1 aliphatic heterocycles. The second kappa shape index (κ2) is 9.40. The zero-order valence-corrected chi connectivity index (χ0v) is 17.4. The maximum absolute atomic E-state index is 6.20. The van der Waals surface area contributed by atoms with E-state index in [4.69, 9.17) is 28.6 Å². The van der Waals surface area contributed by atoms with Gasteiger partial charge in [0.15, 0.2) is 5.11 Å². The molecule has 1 saturated heterocycles. The van der Waals surface area contributed by atoms with Crippen LogP contribution in [-0.2, 0) is 0 Å². The molecule has 144 valence electrons. The van der Waals surface area contributed by atoms with Crippen molar-refractivity contribution in [2.75, 3.05) is 32.1 Å². The van der Waals surface area contributed by atoms with E-state index in [1.165, 1.54) is 18.4 Å². The van der Waals surface area contributed by atoms with E-state index in [0.29, 0.717) is 5.11 Å². The zero-order chi connectivity index (χ0) is 19.2. The molecular weight excluding hydrogens is 378 g/mol. The van der Waals surface area contributed by atoms with E-state index >= 15 is 0 Å². The minimum Gasteiger partial charge on any atom is -0.497 e. The zero-order valence-electron chi connectivity index (χ0n) is 15.8. The molecule has 0 spiro atoms. The Balaban J connectivity index is 1.66. The molecule has 2 aromatic rings. The molecule has 0 aliphatic carbocycles. The number of anilines is 1. The molecule has 6 heteroatoms. The van der Waals surface area contributed by atoms with Gasteiger partial charge in [-0.1, -0.05) is 29.8 Å². The third kappa shape index (κ3) is 5.12. The summed E-state index contributed by atoms with van der Waals surface area (Å²) in [5.74, 6) is 0.875. The molecule has 1 atom stereocenters. The van der Waals surface area contributed by atoms with E-state index in [-0.39, 0.29) is 6.04 Å². The maximum Gasteiger partial charge on any atom is 0.170 e. The summed E-state index contributed by atoms with van der Waals surface area (Å²) in [5, 5.41) is 7.99. The lowest BCUT2D eigenvalue weighted by atomic mass is 10.1. The first-order valence-corrected chi connectivity index (χ1v) is 10.0. The number of hydrogen-bond acceptors (Lipinski definition) is 3. The number of thiocarbonyl (C=S) groups is 1. The standard InChI is InChI=1S/C21H26ClN3OS/c1-15-18(22)6-5-7-19(15)24-21(27)23-14-20(25-12-3-4-13-25)16-8-10-17(26-2)11-9-16/h5-11,20H,3-4,12-14H2,1-2H3,(H2,23,24,27)/t20-/m0/s1. The van der Waals surface area contributed by atoms with E-state index in [2.05, 4.69) is 27.7 Å². The lowest BCUT2D eigenvalue weighted by Crippen LogP contribution is -2.38. The van der Waals surface area contributed by atoms with Crippen molar-refractivity contribution in [3.63, 3.8) is 0 Å². The van der Waals surface area contributed by atoms with Crippen LogP contribution >= 0.6 is 23.8 Å². The Morgan fingerprint density at radius 2 is 1.89 bits per heavy atom. The van der Waals surface area contributed by atoms with E-state index in [1.54, 1.807) is 7.11 Å². The SMILES string of the molecule is COc1ccc([C@H](CNC(=S)Nc2cccc(Cl)c2C)N2CCCC2)cc1. The van der Waals surface area contributed by atoms with Crippen molar-refractivity contribution < 1.29 is 4.74 Å². The van der Waals surface area contributed by atoms with Gasteiger partial charge < -0.3 is 15.4 Å². The van der Waals surface area contributed by atoms with Gasteiger partial charge >= 0.3 is 0 Å². The number of rotatable bonds is 6. The van der Waals surface area contributed by atoms with E-state index in [9.17, 15) is 0 Å². The molecule has 3 rings (SSSR count). The van der Waals surface area contributed by atoms with Crippen LogP contribution in [0.1, 0.15) is 30.0 Å². The maximum atomic E-state index is 6.20. The van der Waals surface area contributed by atoms with Gasteiger partial charge in [-0.05, 0) is 80.5 Å². The summed E-state index contributed by atoms with van der Waals surface area (Å²) < 4.78 is 5.29. The number of benzene rings is 2. The highest BCUT2D eigenvalue weighted by atomic mass is 35.5. The number of hydrogen-bond donors (Lipinski definition) is 2. The Hall–Kier alpha value is -1.82. The van der Waals surface area contributed by atoms with Gasteiger partial charge in [-0.3, -0.25) is 4.90 Å². The summed E-state index contributed by atoms with van der Waals surface area (Å²) in [6.45, 7) is 4.97. The van der Waals surface area contributed by atoms with Crippen LogP contribution in [0.3, 0.4) is 0 Å². The second-order valence-electron chi connectivity index (χ2n) is 6.78. The summed E-state index contributed by atoms with van der Waals surface area (Å²) >= 11 is 11.7. The Bertz CT molecular complexity index is 775. The van der Waals surface area contributed by atoms with E-state index in [0.717, 1.165) is 41.7 Å². The molecule has 27 heavy (non-hydrogen) atoms. The van der Waals surface area contributed by atoms with Crippen molar-refractivity contribution in [2.24, 2.45) is 0 Å². The number of halogens is 1. The van der Waals surface area contributed by atoms with Crippen molar-refractivity contribution >= 4 is 34.6 Å². The minimum absolute atomic E-state index is 0.276. The molecule has 0 amide bonds. The van der Waals surface area contributed by atoms with Crippen LogP contribution in [0.4, 0.5) is 5.69 Å². The molecule has 0 saturated carbocycles. The van der Waals surface area contributed by atoms with E-state index < -0.39 is 0 Å². The number of likely N-dealkylation sites (tertiary alicyclic amines) is 1. The lowest BCUT2D eigenvalue weighted by molar-refractivity contribution is 0.246. The molecule has 0 unspecified atom stereocenters. The van der Waals surface area contributed by atoms with Crippen LogP contribution in [0.5, 0.6) is 5.75 Å². The summed E-state index contributed by atoms with van der Waals surface area (Å²) in [7, 11) is 1.69. The highest BCUT2D eigenvalue weighted by Gasteiger charge is 2.23. The van der Waals surface area contributed by atoms with Gasteiger partial charge in [0.25, 0.3) is 0 Å². The Morgan fingerprint density at radius 1 is 1.19 bits per heavy atom. The van der Waals surface area contributed by atoms with Crippen molar-refractivity contribution in [1.29, 1.82) is 0 Å². The van der Waals surface area contributed by atoms with Crippen LogP contribution in [0.2, 0.25) is 5.02 Å². The van der Waals surface area contributed by atoms with Crippen molar-refractivity contribution in [2.45, 2.75) is 25.8 Å². The summed E-state index contributed by atoms with van der Waals surface area (Å²) in [5.41, 5.74) is 3.20. The monoisotopic (exact) mass is 403 g/mol. The first-order chi connectivity index (χ1) is 13.1. The van der Waals surface area contributed by atoms with Crippen LogP contribution in [-0.4, -0.2) is 36.8 Å². The molecule has 1 fully saturated rings. The highest BCUT2D eigenvalue weighted by molar-refractivity contribution is 7.80. The summed E-state index contributed by atoms with van der Waals surface area (Å²) in [6, 6.07) is 14.4. The van der Waals surface area contributed by atoms with Crippen LogP contribution in [0.25, 0.3) is 0 Å². The summed E-state index contributed by atoms with van der Waals surface area (Å²) in [4.78, 5) is 2.52. The molecule has 2 N–H and O–H groups in total. The topological polar surface area (TPSA) is 36.5 Å². The van der Waals surface area contributed by atoms with Gasteiger partial charge in [-0.2, -0.15) is 0 Å². The van der Waals surface area contributed by atoms with Gasteiger partial charge in [0.05, 0.1) is 13.2 Å². The number of nitrogens with zero attached hydrogens (tertiary/aromatic N) is 1. The fraction of sp³-hybridized carbons (Fsp3) is 0.381. The van der Waals surface area contributed by atoms with Crippen molar-refractivity contribution in [3.05, 3.63) is 58.6 Å². The Kier molecular flexibility index (Phi) is 6.94. The minimum atomic E-state index is 0.276. The molecular formula is C21H26ClN3OS. The predicted octanol–water partition coefficient (Wildman–Crippen LogP) is 4.78. The quantitative estimate of drug-likeness (QED) is 0.679. The fourth-order valence-corrected chi connectivity index (χ4v) is 3.80. The van der Waals surface area contributed by atoms with Crippen LogP contribution in [0.15, 0.2) is 42.5 Å². The first kappa shape index (κ1) is 19.9. The molecule has 0 bridgehead atoms. The number of methoxy groups -OCH3 is 1. The van der Waals surface area contributed by atoms with Gasteiger partial charge in [0.2, 0.25) is 0 Å². The molecule has 0 aromatic heterocycles. The van der Waals surface area contributed by atoms with Crippen LogP contribution in [0, 0.1) is 6.92 Å². The average molecular weight is 404 g/mol. The predicted molar refractivity (Wildman–Crippen MR) is 117 cm³/mol. The number of ether oxygens (including phenoxy) is 1. The van der Waals surface area contributed by atoms with Gasteiger partial charge in [0, 0.05) is 17.3 Å². The molecule has 1 heterocycles. The van der Waals surface area contributed by atoms with Gasteiger partial charge in [-0.25, -0.2) is 0 Å². The van der Waals surface area contributed by atoms with E-state index in [1.807, 2.05) is 37.3 Å². The van der Waals surface area contributed by atoms with Gasteiger partial charge in [-0.15, -0.1) is 0 Å². The van der Waals surface area contributed by atoms with Crippen molar-refractivity contribution in [1.82, 2.24) is 10.2 Å². The first-order valence-electron chi connectivity index (χ1n) is 9.26. The normalized spacial score (nSPS) is 15.4. The smallest absolute Gasteiger partial charge is 0.170 e. The fourth-order valence-electron chi connectivity index (χ4n) is 3.44.